The third-order valence-corrected chi connectivity index (χ3v) is 4.70. The summed E-state index contributed by atoms with van der Waals surface area (Å²) in [6, 6.07) is 10.7. The second kappa shape index (κ2) is 7.21. The van der Waals surface area contributed by atoms with Crippen LogP contribution in [0.4, 0.5) is 5.13 Å². The summed E-state index contributed by atoms with van der Waals surface area (Å²) >= 11 is 13.3. The number of halogens is 2. The molecule has 3 aromatic rings. The third kappa shape index (κ3) is 3.87. The number of thiazole rings is 1. The van der Waals surface area contributed by atoms with E-state index >= 15 is 0 Å². The van der Waals surface area contributed by atoms with Crippen LogP contribution in [0.1, 0.15) is 5.56 Å². The average Bonchev–Trinajstić information content (AvgIpc) is 2.95. The Labute approximate surface area is 152 Å². The largest absolute Gasteiger partial charge is 0.497 e. The fourth-order valence-corrected chi connectivity index (χ4v) is 3.40. The molecule has 0 saturated heterocycles. The standard InChI is InChI=1S/C17H12Cl2N2O2S/c1-23-12-5-6-14-15(9-12)24-17(20-14)21-16(22)7-3-10-2-4-11(18)8-13(10)19/h2-9H,1H3,(H,20,21,22)/b7-3+. The number of benzene rings is 2. The van der Waals surface area contributed by atoms with Crippen molar-refractivity contribution < 1.29 is 9.53 Å². The molecule has 0 radical (unpaired) electrons. The Kier molecular flexibility index (Phi) is 5.04. The van der Waals surface area contributed by atoms with Gasteiger partial charge in [-0.1, -0.05) is 40.6 Å². The molecular formula is C17H12Cl2N2O2S. The van der Waals surface area contributed by atoms with Gasteiger partial charge in [-0.3, -0.25) is 10.1 Å². The highest BCUT2D eigenvalue weighted by atomic mass is 35.5. The van der Waals surface area contributed by atoms with Crippen molar-refractivity contribution in [2.45, 2.75) is 0 Å². The maximum atomic E-state index is 12.0. The van der Waals surface area contributed by atoms with Crippen molar-refractivity contribution in [3.63, 3.8) is 0 Å². The molecule has 0 fully saturated rings. The van der Waals surface area contributed by atoms with E-state index < -0.39 is 0 Å². The van der Waals surface area contributed by atoms with E-state index in [9.17, 15) is 4.79 Å². The lowest BCUT2D eigenvalue weighted by molar-refractivity contribution is -0.111. The highest BCUT2D eigenvalue weighted by Crippen LogP contribution is 2.29. The van der Waals surface area contributed by atoms with Crippen LogP contribution < -0.4 is 10.1 Å². The predicted molar refractivity (Wildman–Crippen MR) is 100 cm³/mol. The number of carbonyl (C=O) groups excluding carboxylic acids is 1. The van der Waals surface area contributed by atoms with Gasteiger partial charge in [0.05, 0.1) is 17.3 Å². The summed E-state index contributed by atoms with van der Waals surface area (Å²) in [5.74, 6) is 0.466. The topological polar surface area (TPSA) is 51.2 Å². The fraction of sp³-hybridized carbons (Fsp3) is 0.0588. The monoisotopic (exact) mass is 378 g/mol. The minimum Gasteiger partial charge on any atom is -0.497 e. The van der Waals surface area contributed by atoms with Gasteiger partial charge in [0.2, 0.25) is 5.91 Å². The molecule has 0 saturated carbocycles. The first-order valence-corrected chi connectivity index (χ1v) is 8.51. The first-order valence-electron chi connectivity index (χ1n) is 6.94. The van der Waals surface area contributed by atoms with Gasteiger partial charge in [0.1, 0.15) is 5.75 Å². The molecule has 0 aliphatic heterocycles. The molecule has 0 unspecified atom stereocenters. The predicted octanol–water partition coefficient (Wildman–Crippen LogP) is 5.26. The number of methoxy groups -OCH3 is 1. The van der Waals surface area contributed by atoms with E-state index in [0.29, 0.717) is 20.7 Å². The van der Waals surface area contributed by atoms with E-state index in [1.807, 2.05) is 18.2 Å². The Bertz CT molecular complexity index is 937. The Hall–Kier alpha value is -2.08. The van der Waals surface area contributed by atoms with Crippen molar-refractivity contribution in [3.8, 4) is 5.75 Å². The van der Waals surface area contributed by atoms with Gasteiger partial charge in [-0.25, -0.2) is 4.98 Å². The van der Waals surface area contributed by atoms with Crippen molar-refractivity contribution >= 4 is 61.9 Å². The molecular weight excluding hydrogens is 367 g/mol. The number of carbonyl (C=O) groups is 1. The molecule has 24 heavy (non-hydrogen) atoms. The van der Waals surface area contributed by atoms with E-state index in [2.05, 4.69) is 10.3 Å². The summed E-state index contributed by atoms with van der Waals surface area (Å²) in [5.41, 5.74) is 1.52. The summed E-state index contributed by atoms with van der Waals surface area (Å²) in [7, 11) is 1.61. The van der Waals surface area contributed by atoms with Crippen LogP contribution in [0, 0.1) is 0 Å². The van der Waals surface area contributed by atoms with Gasteiger partial charge in [-0.2, -0.15) is 0 Å². The van der Waals surface area contributed by atoms with E-state index in [-0.39, 0.29) is 5.91 Å². The Morgan fingerprint density at radius 2 is 2.08 bits per heavy atom. The summed E-state index contributed by atoms with van der Waals surface area (Å²) in [6.07, 6.45) is 3.03. The first-order chi connectivity index (χ1) is 11.5. The minimum atomic E-state index is -0.285. The number of fused-ring (bicyclic) bond motifs is 1. The molecule has 7 heteroatoms. The number of aromatic nitrogens is 1. The van der Waals surface area contributed by atoms with Gasteiger partial charge in [0.15, 0.2) is 5.13 Å². The van der Waals surface area contributed by atoms with Crippen LogP contribution in [0.15, 0.2) is 42.5 Å². The Morgan fingerprint density at radius 1 is 1.25 bits per heavy atom. The summed E-state index contributed by atoms with van der Waals surface area (Å²) in [4.78, 5) is 16.4. The van der Waals surface area contributed by atoms with Gasteiger partial charge in [-0.05, 0) is 42.0 Å². The molecule has 0 bridgehead atoms. The smallest absolute Gasteiger partial charge is 0.250 e. The van der Waals surface area contributed by atoms with Crippen molar-refractivity contribution in [2.75, 3.05) is 12.4 Å². The van der Waals surface area contributed by atoms with E-state index in [1.54, 1.807) is 31.4 Å². The van der Waals surface area contributed by atoms with Crippen LogP contribution >= 0.6 is 34.5 Å². The summed E-state index contributed by atoms with van der Waals surface area (Å²) < 4.78 is 6.12. The molecule has 1 N–H and O–H groups in total. The van der Waals surface area contributed by atoms with E-state index in [1.165, 1.54) is 17.4 Å². The minimum absolute atomic E-state index is 0.285. The van der Waals surface area contributed by atoms with Gasteiger partial charge >= 0.3 is 0 Å². The normalized spacial score (nSPS) is 11.1. The van der Waals surface area contributed by atoms with Crippen LogP contribution in [-0.2, 0) is 4.79 Å². The molecule has 0 atom stereocenters. The number of nitrogens with zero attached hydrogens (tertiary/aromatic N) is 1. The SMILES string of the molecule is COc1ccc2nc(NC(=O)/C=C/c3ccc(Cl)cc3Cl)sc2c1. The van der Waals surface area contributed by atoms with Crippen LogP contribution in [0.3, 0.4) is 0 Å². The zero-order valence-corrected chi connectivity index (χ0v) is 14.9. The van der Waals surface area contributed by atoms with E-state index in [0.717, 1.165) is 16.0 Å². The average molecular weight is 379 g/mol. The summed E-state index contributed by atoms with van der Waals surface area (Å²) in [6.45, 7) is 0. The van der Waals surface area contributed by atoms with Gasteiger partial charge in [0, 0.05) is 16.1 Å². The maximum absolute atomic E-state index is 12.0. The Balaban J connectivity index is 1.73. The zero-order chi connectivity index (χ0) is 17.1. The lowest BCUT2D eigenvalue weighted by atomic mass is 10.2. The molecule has 0 aliphatic rings. The highest BCUT2D eigenvalue weighted by molar-refractivity contribution is 7.22. The van der Waals surface area contributed by atoms with Gasteiger partial charge < -0.3 is 4.74 Å². The lowest BCUT2D eigenvalue weighted by Crippen LogP contribution is -2.07. The lowest BCUT2D eigenvalue weighted by Gasteiger charge is -1.99. The fourth-order valence-electron chi connectivity index (χ4n) is 2.03. The number of ether oxygens (including phenoxy) is 1. The van der Waals surface area contributed by atoms with Gasteiger partial charge in [0.25, 0.3) is 0 Å². The number of rotatable bonds is 4. The third-order valence-electron chi connectivity index (χ3n) is 3.20. The highest BCUT2D eigenvalue weighted by Gasteiger charge is 2.07. The van der Waals surface area contributed by atoms with Crippen molar-refractivity contribution in [1.82, 2.24) is 4.98 Å². The summed E-state index contributed by atoms with van der Waals surface area (Å²) in [5, 5.41) is 4.30. The molecule has 1 aromatic heterocycles. The molecule has 1 amide bonds. The number of anilines is 1. The number of amides is 1. The Morgan fingerprint density at radius 3 is 2.83 bits per heavy atom. The molecule has 122 valence electrons. The maximum Gasteiger partial charge on any atom is 0.250 e. The molecule has 1 heterocycles. The molecule has 3 rings (SSSR count). The number of hydrogen-bond acceptors (Lipinski definition) is 4. The number of nitrogens with one attached hydrogen (secondary N) is 1. The second-order valence-electron chi connectivity index (χ2n) is 4.84. The van der Waals surface area contributed by atoms with Crippen molar-refractivity contribution in [1.29, 1.82) is 0 Å². The first kappa shape index (κ1) is 16.8. The molecule has 0 spiro atoms. The van der Waals surface area contributed by atoms with Crippen LogP contribution in [0.25, 0.3) is 16.3 Å². The molecule has 4 nitrogen and oxygen atoms in total. The van der Waals surface area contributed by atoms with Crippen molar-refractivity contribution in [3.05, 3.63) is 58.1 Å². The van der Waals surface area contributed by atoms with Crippen molar-refractivity contribution in [2.24, 2.45) is 0 Å². The molecule has 0 aliphatic carbocycles. The van der Waals surface area contributed by atoms with E-state index in [4.69, 9.17) is 27.9 Å². The van der Waals surface area contributed by atoms with Crippen LogP contribution in [0.2, 0.25) is 10.0 Å². The second-order valence-corrected chi connectivity index (χ2v) is 6.72. The molecule has 2 aromatic carbocycles. The van der Waals surface area contributed by atoms with Crippen LogP contribution in [0.5, 0.6) is 5.75 Å². The van der Waals surface area contributed by atoms with Gasteiger partial charge in [-0.15, -0.1) is 0 Å². The quantitative estimate of drug-likeness (QED) is 0.629. The van der Waals surface area contributed by atoms with Crippen LogP contribution in [-0.4, -0.2) is 18.0 Å². The number of hydrogen-bond donors (Lipinski definition) is 1. The zero-order valence-electron chi connectivity index (χ0n) is 12.5.